The predicted molar refractivity (Wildman–Crippen MR) is 174 cm³/mol. The number of aliphatic hydroxyl groups excluding tert-OH is 1. The van der Waals surface area contributed by atoms with Crippen LogP contribution in [0.15, 0.2) is 53.5 Å². The Hall–Kier alpha value is -3.57. The Bertz CT molecular complexity index is 1650. The lowest BCUT2D eigenvalue weighted by Gasteiger charge is -2.31. The molecule has 0 spiro atoms. The van der Waals surface area contributed by atoms with Crippen molar-refractivity contribution in [3.8, 4) is 16.9 Å². The van der Waals surface area contributed by atoms with E-state index in [0.29, 0.717) is 52.8 Å². The van der Waals surface area contributed by atoms with Crippen molar-refractivity contribution < 1.29 is 9.50 Å². The highest BCUT2D eigenvalue weighted by Gasteiger charge is 2.22. The molecule has 9 nitrogen and oxygen atoms in total. The maximum absolute atomic E-state index is 15.1. The summed E-state index contributed by atoms with van der Waals surface area (Å²) >= 11 is 6.25. The molecule has 0 amide bonds. The van der Waals surface area contributed by atoms with Crippen LogP contribution in [0.3, 0.4) is 0 Å². The van der Waals surface area contributed by atoms with Crippen LogP contribution in [-0.4, -0.2) is 50.7 Å². The third kappa shape index (κ3) is 7.74. The summed E-state index contributed by atoms with van der Waals surface area (Å²) in [6.07, 6.45) is 8.66. The molecule has 3 atom stereocenters. The zero-order valence-corrected chi connectivity index (χ0v) is 25.8. The van der Waals surface area contributed by atoms with Crippen LogP contribution in [0.4, 0.5) is 4.39 Å². The monoisotopic (exact) mass is 621 g/mol. The summed E-state index contributed by atoms with van der Waals surface area (Å²) in [4.78, 5) is 20.4. The van der Waals surface area contributed by atoms with Crippen molar-refractivity contribution in [3.63, 3.8) is 0 Å². The number of aliphatic hydroxyl groups is 1. The molecule has 2 aromatic carbocycles. The molecule has 0 aliphatic carbocycles. The zero-order chi connectivity index (χ0) is 31.2. The van der Waals surface area contributed by atoms with Gasteiger partial charge in [-0.3, -0.25) is 9.98 Å². The van der Waals surface area contributed by atoms with Crippen molar-refractivity contribution >= 4 is 28.5 Å². The minimum atomic E-state index is -0.518. The number of fused-ring (bicyclic) bond motifs is 1. The second kappa shape index (κ2) is 14.5. The number of nitrogens with two attached hydrogens (primary N) is 1. The average molecular weight is 622 g/mol. The van der Waals surface area contributed by atoms with Crippen molar-refractivity contribution in [2.75, 3.05) is 13.2 Å². The molecule has 0 radical (unpaired) electrons. The first kappa shape index (κ1) is 31.8. The van der Waals surface area contributed by atoms with E-state index in [4.69, 9.17) is 27.9 Å². The van der Waals surface area contributed by atoms with Crippen LogP contribution in [0.1, 0.15) is 69.0 Å². The van der Waals surface area contributed by atoms with Crippen LogP contribution in [0.25, 0.3) is 28.0 Å². The van der Waals surface area contributed by atoms with Gasteiger partial charge in [-0.05, 0) is 86.9 Å². The molecular formula is C33H41ClFN7O2. The number of aromatic amines is 1. The average Bonchev–Trinajstić information content (AvgIpc) is 3.41. The summed E-state index contributed by atoms with van der Waals surface area (Å²) < 4.78 is 16.6. The Morgan fingerprint density at radius 3 is 2.82 bits per heavy atom. The molecule has 0 unspecified atom stereocenters. The molecule has 3 heterocycles. The van der Waals surface area contributed by atoms with E-state index < -0.39 is 11.5 Å². The fourth-order valence-corrected chi connectivity index (χ4v) is 6.15. The van der Waals surface area contributed by atoms with Crippen molar-refractivity contribution in [3.05, 3.63) is 81.1 Å². The topological polar surface area (TPSA) is 145 Å². The van der Waals surface area contributed by atoms with Crippen LogP contribution in [-0.2, 0) is 6.42 Å². The van der Waals surface area contributed by atoms with Gasteiger partial charge in [0.05, 0.1) is 28.8 Å². The highest BCUT2D eigenvalue weighted by Crippen LogP contribution is 2.32. The Labute approximate surface area is 261 Å². The Morgan fingerprint density at radius 2 is 2.07 bits per heavy atom. The smallest absolute Gasteiger partial charge is 0.354 e. The molecule has 44 heavy (non-hydrogen) atoms. The summed E-state index contributed by atoms with van der Waals surface area (Å²) in [6.45, 7) is 2.64. The second-order valence-electron chi connectivity index (χ2n) is 11.8. The van der Waals surface area contributed by atoms with Gasteiger partial charge >= 0.3 is 5.69 Å². The molecule has 0 bridgehead atoms. The molecule has 1 aliphatic rings. The SMILES string of the molecule is C[C@H](N)CCCc1cc(Cl)c(F)c(-c2cc3cn(-c4ccc([C@@H]5CCC[C@@H](CCNC(=N)CCO)N5)cc4)c(=O)nc3[nH]2)c1. The molecule has 11 heteroatoms. The van der Waals surface area contributed by atoms with Gasteiger partial charge in [-0.2, -0.15) is 4.98 Å². The number of aryl methyl sites for hydroxylation is 1. The van der Waals surface area contributed by atoms with Gasteiger partial charge in [0, 0.05) is 48.2 Å². The standard InChI is InChI=1S/C33H41ClFN7O2/c1-20(36)4-2-5-21-16-26(31(35)27(34)17-21)29-18-23-19-42(33(44)41-32(23)40-29)25-10-8-22(9-11-25)28-7-3-6-24(39-28)12-14-38-30(37)13-15-43/h8-11,16-20,24,28,39,43H,2-7,12-15,36H2,1H3,(H2,37,38)(H,40,41,44)/t20-,24-,28-/m0/s1. The van der Waals surface area contributed by atoms with E-state index in [1.807, 2.05) is 31.2 Å². The molecular weight excluding hydrogens is 581 g/mol. The van der Waals surface area contributed by atoms with Gasteiger partial charge in [-0.25, -0.2) is 9.18 Å². The van der Waals surface area contributed by atoms with Crippen LogP contribution in [0.2, 0.25) is 5.02 Å². The molecule has 4 aromatic rings. The van der Waals surface area contributed by atoms with Gasteiger partial charge in [-0.15, -0.1) is 0 Å². The Morgan fingerprint density at radius 1 is 1.27 bits per heavy atom. The summed E-state index contributed by atoms with van der Waals surface area (Å²) in [7, 11) is 0. The van der Waals surface area contributed by atoms with Gasteiger partial charge in [0.2, 0.25) is 0 Å². The van der Waals surface area contributed by atoms with Crippen LogP contribution >= 0.6 is 11.6 Å². The van der Waals surface area contributed by atoms with Crippen LogP contribution in [0, 0.1) is 11.2 Å². The quantitative estimate of drug-likeness (QED) is 0.0927. The van der Waals surface area contributed by atoms with Crippen molar-refractivity contribution in [1.82, 2.24) is 25.2 Å². The fraction of sp³-hybridized carbons (Fsp3) is 0.424. The van der Waals surface area contributed by atoms with E-state index in [1.54, 1.807) is 24.4 Å². The number of halogens is 2. The predicted octanol–water partition coefficient (Wildman–Crippen LogP) is 5.37. The van der Waals surface area contributed by atoms with E-state index in [0.717, 1.165) is 56.1 Å². The first-order valence-electron chi connectivity index (χ1n) is 15.4. The number of aromatic nitrogens is 3. The van der Waals surface area contributed by atoms with Gasteiger partial charge < -0.3 is 26.5 Å². The Kier molecular flexibility index (Phi) is 10.5. The van der Waals surface area contributed by atoms with Gasteiger partial charge in [0.25, 0.3) is 0 Å². The largest absolute Gasteiger partial charge is 0.396 e. The fourth-order valence-electron chi connectivity index (χ4n) is 5.91. The number of hydrogen-bond donors (Lipinski definition) is 6. The first-order chi connectivity index (χ1) is 21.2. The summed E-state index contributed by atoms with van der Waals surface area (Å²) in [6, 6.07) is 13.8. The maximum Gasteiger partial charge on any atom is 0.354 e. The molecule has 0 saturated carbocycles. The van der Waals surface area contributed by atoms with E-state index >= 15 is 4.39 Å². The molecule has 1 aliphatic heterocycles. The molecule has 7 N–H and O–H groups in total. The van der Waals surface area contributed by atoms with E-state index in [-0.39, 0.29) is 23.7 Å². The molecule has 5 rings (SSSR count). The maximum atomic E-state index is 15.1. The zero-order valence-electron chi connectivity index (χ0n) is 25.0. The second-order valence-corrected chi connectivity index (χ2v) is 12.2. The van der Waals surface area contributed by atoms with Gasteiger partial charge in [0.15, 0.2) is 5.82 Å². The summed E-state index contributed by atoms with van der Waals surface area (Å²) in [5.74, 6) is -0.153. The van der Waals surface area contributed by atoms with Crippen LogP contribution in [0.5, 0.6) is 0 Å². The van der Waals surface area contributed by atoms with E-state index in [9.17, 15) is 4.79 Å². The molecule has 1 fully saturated rings. The van der Waals surface area contributed by atoms with Crippen molar-refractivity contribution in [1.29, 1.82) is 5.41 Å². The minimum Gasteiger partial charge on any atom is -0.396 e. The summed E-state index contributed by atoms with van der Waals surface area (Å²) in [5, 5.41) is 24.3. The highest BCUT2D eigenvalue weighted by molar-refractivity contribution is 6.31. The third-order valence-corrected chi connectivity index (χ3v) is 8.54. The number of benzene rings is 2. The number of nitrogens with zero attached hydrogens (tertiary/aromatic N) is 2. The van der Waals surface area contributed by atoms with Gasteiger partial charge in [0.1, 0.15) is 5.65 Å². The minimum absolute atomic E-state index is 0.0204. The highest BCUT2D eigenvalue weighted by atomic mass is 35.5. The number of H-pyrrole nitrogens is 1. The van der Waals surface area contributed by atoms with Gasteiger partial charge in [-0.1, -0.05) is 30.2 Å². The number of piperidine rings is 1. The van der Waals surface area contributed by atoms with Crippen molar-refractivity contribution in [2.45, 2.75) is 76.4 Å². The van der Waals surface area contributed by atoms with Crippen molar-refractivity contribution in [2.24, 2.45) is 5.73 Å². The lowest BCUT2D eigenvalue weighted by molar-refractivity contribution is 0.303. The summed E-state index contributed by atoms with van der Waals surface area (Å²) in [5.41, 5.74) is 9.44. The van der Waals surface area contributed by atoms with Crippen LogP contribution < -0.4 is 22.1 Å². The normalized spacial score (nSPS) is 17.6. The van der Waals surface area contributed by atoms with E-state index in [2.05, 4.69) is 20.6 Å². The Balaban J connectivity index is 1.31. The number of nitrogens with one attached hydrogen (secondary N) is 4. The lowest BCUT2D eigenvalue weighted by atomic mass is 9.92. The number of rotatable bonds is 12. The van der Waals surface area contributed by atoms with E-state index in [1.165, 1.54) is 4.57 Å². The first-order valence-corrected chi connectivity index (χ1v) is 15.7. The molecule has 2 aromatic heterocycles. The number of amidine groups is 1. The molecule has 1 saturated heterocycles. The number of hydrogen-bond acceptors (Lipinski definition) is 6. The molecule has 234 valence electrons. The lowest BCUT2D eigenvalue weighted by Crippen LogP contribution is -2.39. The third-order valence-electron chi connectivity index (χ3n) is 8.26.